The molecule has 3 aromatic heterocycles. The van der Waals surface area contributed by atoms with Gasteiger partial charge in [0.05, 0.1) is 33.6 Å². The van der Waals surface area contributed by atoms with Crippen molar-refractivity contribution < 1.29 is 0 Å². The van der Waals surface area contributed by atoms with Gasteiger partial charge in [0, 0.05) is 43.8 Å². The molecule has 11 aromatic rings. The maximum Gasteiger partial charge on any atom is 0.101 e. The Morgan fingerprint density at radius 1 is 0.333 bits per heavy atom. The van der Waals surface area contributed by atoms with Crippen molar-refractivity contribution in [2.75, 3.05) is 0 Å². The average Bonchev–Trinajstić information content (AvgIpc) is 3.70. The molecular formula is C53H34N4. The summed E-state index contributed by atoms with van der Waals surface area (Å²) in [4.78, 5) is 10.4. The Morgan fingerprint density at radius 3 is 1.37 bits per heavy atom. The zero-order valence-corrected chi connectivity index (χ0v) is 30.9. The first-order valence-corrected chi connectivity index (χ1v) is 19.3. The van der Waals surface area contributed by atoms with Gasteiger partial charge in [-0.3, -0.25) is 0 Å². The van der Waals surface area contributed by atoms with Gasteiger partial charge in [-0.05, 0) is 46.3 Å². The molecule has 8 aromatic carbocycles. The summed E-state index contributed by atoms with van der Waals surface area (Å²) in [6.07, 6.45) is 0. The number of fused-ring (bicyclic) bond motifs is 6. The average molecular weight is 727 g/mol. The molecule has 0 aliphatic heterocycles. The molecular weight excluding hydrogens is 693 g/mol. The molecule has 0 saturated heterocycles. The Bertz CT molecular complexity index is 3250. The van der Waals surface area contributed by atoms with Gasteiger partial charge in [0.25, 0.3) is 0 Å². The SMILES string of the molecule is c1ccc(-c2ccc3ccc4ccc(-c5ccc(-c6c(-c7ccccc7)c7c(-c8ccccc8)nn(-c8ccccc8)c7c7ccccc67)cc5)nc4c3n2)cc1. The zero-order chi connectivity index (χ0) is 37.7. The summed E-state index contributed by atoms with van der Waals surface area (Å²) < 4.78 is 2.13. The van der Waals surface area contributed by atoms with Crippen LogP contribution >= 0.6 is 0 Å². The van der Waals surface area contributed by atoms with Crippen LogP contribution in [0.15, 0.2) is 206 Å². The minimum absolute atomic E-state index is 0.901. The second-order valence-corrected chi connectivity index (χ2v) is 14.4. The third-order valence-corrected chi connectivity index (χ3v) is 11.0. The maximum atomic E-state index is 5.43. The molecule has 0 aliphatic carbocycles. The molecule has 11 rings (SSSR count). The predicted molar refractivity (Wildman–Crippen MR) is 236 cm³/mol. The zero-order valence-electron chi connectivity index (χ0n) is 30.9. The molecule has 0 saturated carbocycles. The lowest BCUT2D eigenvalue weighted by Gasteiger charge is -2.18. The van der Waals surface area contributed by atoms with Crippen molar-refractivity contribution in [3.8, 4) is 61.7 Å². The molecule has 57 heavy (non-hydrogen) atoms. The maximum absolute atomic E-state index is 5.43. The van der Waals surface area contributed by atoms with E-state index in [1.54, 1.807) is 0 Å². The molecule has 0 unspecified atom stereocenters. The van der Waals surface area contributed by atoms with E-state index in [0.29, 0.717) is 0 Å². The smallest absolute Gasteiger partial charge is 0.101 e. The van der Waals surface area contributed by atoms with E-state index >= 15 is 0 Å². The Kier molecular flexibility index (Phi) is 7.78. The fraction of sp³-hybridized carbons (Fsp3) is 0. The normalized spacial score (nSPS) is 11.5. The fourth-order valence-corrected chi connectivity index (χ4v) is 8.32. The summed E-state index contributed by atoms with van der Waals surface area (Å²) in [7, 11) is 0. The lowest BCUT2D eigenvalue weighted by atomic mass is 9.85. The lowest BCUT2D eigenvalue weighted by molar-refractivity contribution is 0.918. The molecule has 4 nitrogen and oxygen atoms in total. The minimum atomic E-state index is 0.901. The number of nitrogens with zero attached hydrogens (tertiary/aromatic N) is 4. The molecule has 0 fully saturated rings. The first-order chi connectivity index (χ1) is 28.3. The number of pyridine rings is 2. The molecule has 0 atom stereocenters. The first-order valence-electron chi connectivity index (χ1n) is 19.3. The number of rotatable bonds is 6. The molecule has 0 amide bonds. The Balaban J connectivity index is 1.13. The largest absolute Gasteiger partial charge is 0.245 e. The van der Waals surface area contributed by atoms with Crippen LogP contribution in [0.3, 0.4) is 0 Å². The highest BCUT2D eigenvalue weighted by Gasteiger charge is 2.25. The van der Waals surface area contributed by atoms with Crippen LogP contribution in [0.5, 0.6) is 0 Å². The van der Waals surface area contributed by atoms with Crippen LogP contribution in [0.2, 0.25) is 0 Å². The lowest BCUT2D eigenvalue weighted by Crippen LogP contribution is -1.97. The number of hydrogen-bond acceptors (Lipinski definition) is 3. The topological polar surface area (TPSA) is 43.6 Å². The first kappa shape index (κ1) is 32.7. The molecule has 0 N–H and O–H groups in total. The van der Waals surface area contributed by atoms with Crippen molar-refractivity contribution in [1.29, 1.82) is 0 Å². The van der Waals surface area contributed by atoms with Crippen LogP contribution < -0.4 is 0 Å². The van der Waals surface area contributed by atoms with E-state index < -0.39 is 0 Å². The molecule has 0 spiro atoms. The van der Waals surface area contributed by atoms with Gasteiger partial charge < -0.3 is 0 Å². The van der Waals surface area contributed by atoms with Crippen molar-refractivity contribution in [1.82, 2.24) is 19.7 Å². The number of benzene rings is 8. The van der Waals surface area contributed by atoms with E-state index in [1.807, 2.05) is 18.2 Å². The number of para-hydroxylation sites is 1. The molecule has 0 radical (unpaired) electrons. The predicted octanol–water partition coefficient (Wildman–Crippen LogP) is 13.6. The summed E-state index contributed by atoms with van der Waals surface area (Å²) >= 11 is 0. The van der Waals surface area contributed by atoms with E-state index in [1.165, 1.54) is 10.9 Å². The van der Waals surface area contributed by atoms with E-state index in [4.69, 9.17) is 15.1 Å². The van der Waals surface area contributed by atoms with Crippen LogP contribution in [0.1, 0.15) is 0 Å². The highest BCUT2D eigenvalue weighted by atomic mass is 15.3. The summed E-state index contributed by atoms with van der Waals surface area (Å²) in [6, 6.07) is 72.6. The fourth-order valence-electron chi connectivity index (χ4n) is 8.32. The summed E-state index contributed by atoms with van der Waals surface area (Å²) in [6.45, 7) is 0. The minimum Gasteiger partial charge on any atom is -0.245 e. The second-order valence-electron chi connectivity index (χ2n) is 14.4. The molecule has 0 aliphatic rings. The summed E-state index contributed by atoms with van der Waals surface area (Å²) in [5.41, 5.74) is 14.5. The molecule has 266 valence electrons. The standard InChI is InChI=1S/C53H34N4/c1-5-15-35(16-6-1)45-33-31-40-29-30-41-32-34-46(55-52(41)51(40)54-45)36-25-27-38(28-26-36)47-43-23-13-14-24-44(43)53-49(48(47)37-17-7-2-8-18-37)50(39-19-9-3-10-20-39)56-57(53)42-21-11-4-12-22-42/h1-34H. The monoisotopic (exact) mass is 726 g/mol. The van der Waals surface area contributed by atoms with E-state index in [2.05, 4.69) is 193 Å². The molecule has 0 bridgehead atoms. The summed E-state index contributed by atoms with van der Waals surface area (Å²) in [5.74, 6) is 0. The van der Waals surface area contributed by atoms with Gasteiger partial charge in [-0.15, -0.1) is 0 Å². The Morgan fingerprint density at radius 2 is 0.772 bits per heavy atom. The third-order valence-electron chi connectivity index (χ3n) is 11.0. The van der Waals surface area contributed by atoms with Gasteiger partial charge in [0.1, 0.15) is 5.69 Å². The molecule has 4 heteroatoms. The summed E-state index contributed by atoms with van der Waals surface area (Å²) in [5, 5.41) is 11.0. The van der Waals surface area contributed by atoms with Crippen molar-refractivity contribution in [2.45, 2.75) is 0 Å². The number of aromatic nitrogens is 4. The van der Waals surface area contributed by atoms with Crippen LogP contribution in [0.25, 0.3) is 105 Å². The van der Waals surface area contributed by atoms with Crippen molar-refractivity contribution >= 4 is 43.5 Å². The van der Waals surface area contributed by atoms with Crippen LogP contribution in [-0.4, -0.2) is 19.7 Å². The van der Waals surface area contributed by atoms with Crippen molar-refractivity contribution in [2.24, 2.45) is 0 Å². The Hall–Kier alpha value is -7.69. The Labute approximate surface area is 330 Å². The van der Waals surface area contributed by atoms with E-state index in [0.717, 1.165) is 94.2 Å². The van der Waals surface area contributed by atoms with Gasteiger partial charge in [-0.25, -0.2) is 14.6 Å². The van der Waals surface area contributed by atoms with E-state index in [-0.39, 0.29) is 0 Å². The van der Waals surface area contributed by atoms with Gasteiger partial charge >= 0.3 is 0 Å². The van der Waals surface area contributed by atoms with Gasteiger partial charge in [-0.1, -0.05) is 182 Å². The van der Waals surface area contributed by atoms with E-state index in [9.17, 15) is 0 Å². The highest BCUT2D eigenvalue weighted by Crippen LogP contribution is 2.48. The van der Waals surface area contributed by atoms with Gasteiger partial charge in [0.15, 0.2) is 0 Å². The third kappa shape index (κ3) is 5.58. The number of hydrogen-bond donors (Lipinski definition) is 0. The van der Waals surface area contributed by atoms with Crippen molar-refractivity contribution in [3.05, 3.63) is 206 Å². The molecule has 3 heterocycles. The second kappa shape index (κ2) is 13.6. The van der Waals surface area contributed by atoms with Crippen LogP contribution in [-0.2, 0) is 0 Å². The van der Waals surface area contributed by atoms with Gasteiger partial charge in [0.2, 0.25) is 0 Å². The van der Waals surface area contributed by atoms with Crippen LogP contribution in [0, 0.1) is 0 Å². The van der Waals surface area contributed by atoms with Crippen molar-refractivity contribution in [3.63, 3.8) is 0 Å². The highest BCUT2D eigenvalue weighted by molar-refractivity contribution is 6.24. The van der Waals surface area contributed by atoms with Crippen LogP contribution in [0.4, 0.5) is 0 Å². The van der Waals surface area contributed by atoms with Gasteiger partial charge in [-0.2, -0.15) is 5.10 Å². The quantitative estimate of drug-likeness (QED) is 0.160.